The Bertz CT molecular complexity index is 1350. The van der Waals surface area contributed by atoms with Crippen molar-refractivity contribution in [3.63, 3.8) is 0 Å². The fourth-order valence-electron chi connectivity index (χ4n) is 3.45. The molecule has 0 saturated carbocycles. The first-order valence-electron chi connectivity index (χ1n) is 10.6. The first kappa shape index (κ1) is 25.3. The van der Waals surface area contributed by atoms with Crippen molar-refractivity contribution in [1.82, 2.24) is 14.3 Å². The number of aromatic nitrogens is 3. The minimum atomic E-state index is -4.88. The summed E-state index contributed by atoms with van der Waals surface area (Å²) in [5.41, 5.74) is -3.07. The summed E-state index contributed by atoms with van der Waals surface area (Å²) in [5.74, 6) is -5.54. The van der Waals surface area contributed by atoms with Crippen molar-refractivity contribution in [2.24, 2.45) is 0 Å². The maximum Gasteiger partial charge on any atom is 0.425 e. The number of rotatable bonds is 5. The van der Waals surface area contributed by atoms with Crippen LogP contribution in [0.5, 0.6) is 5.75 Å². The zero-order valence-corrected chi connectivity index (χ0v) is 18.5. The van der Waals surface area contributed by atoms with Crippen molar-refractivity contribution in [3.05, 3.63) is 69.7 Å². The standard InChI is InChI=1S/C22H18F6N4O4/c1-11(22(26,27)28)36-17-9-16(32-21(34)31-6-3-7-35-10-18(31)30-32)15(25)8-12(17)20(33)29-19-13(23)4-2-5-14(19)24/h2,4-5,8-9,11H,3,6-7,10H2,1H3,(H,29,33)/t11-/m0/s1. The molecule has 0 aliphatic carbocycles. The quantitative estimate of drug-likeness (QED) is 0.519. The molecule has 0 saturated heterocycles. The summed E-state index contributed by atoms with van der Waals surface area (Å²) in [6.45, 7) is 1.19. The van der Waals surface area contributed by atoms with E-state index in [0.29, 0.717) is 36.8 Å². The summed E-state index contributed by atoms with van der Waals surface area (Å²) in [5, 5.41) is 5.87. The van der Waals surface area contributed by atoms with Gasteiger partial charge in [-0.3, -0.25) is 9.36 Å². The molecule has 1 amide bonds. The Hall–Kier alpha value is -3.81. The molecule has 8 nitrogen and oxygen atoms in total. The fraction of sp³-hybridized carbons (Fsp3) is 0.318. The van der Waals surface area contributed by atoms with Crippen molar-refractivity contribution in [2.45, 2.75) is 38.8 Å². The summed E-state index contributed by atoms with van der Waals surface area (Å²) >= 11 is 0. The number of carbonyl (C=O) groups is 1. The molecule has 36 heavy (non-hydrogen) atoms. The zero-order chi connectivity index (χ0) is 26.2. The van der Waals surface area contributed by atoms with Gasteiger partial charge in [0.2, 0.25) is 0 Å². The van der Waals surface area contributed by atoms with Crippen LogP contribution in [-0.4, -0.2) is 39.1 Å². The molecule has 0 spiro atoms. The number of hydrogen-bond acceptors (Lipinski definition) is 5. The summed E-state index contributed by atoms with van der Waals surface area (Å²) < 4.78 is 94.7. The zero-order valence-electron chi connectivity index (χ0n) is 18.5. The molecule has 2 aromatic carbocycles. The van der Waals surface area contributed by atoms with E-state index in [4.69, 9.17) is 9.47 Å². The molecule has 1 aliphatic heterocycles. The van der Waals surface area contributed by atoms with Crippen molar-refractivity contribution in [2.75, 3.05) is 11.9 Å². The van der Waals surface area contributed by atoms with E-state index in [1.807, 2.05) is 5.32 Å². The molecular weight excluding hydrogens is 498 g/mol. The fourth-order valence-corrected chi connectivity index (χ4v) is 3.45. The largest absolute Gasteiger partial charge is 0.480 e. The number of nitrogens with one attached hydrogen (secondary N) is 1. The molecule has 14 heteroatoms. The molecule has 1 atom stereocenters. The van der Waals surface area contributed by atoms with Gasteiger partial charge in [0.1, 0.15) is 41.2 Å². The highest BCUT2D eigenvalue weighted by molar-refractivity contribution is 6.06. The number of benzene rings is 2. The van der Waals surface area contributed by atoms with Crippen molar-refractivity contribution < 1.29 is 40.6 Å². The summed E-state index contributed by atoms with van der Waals surface area (Å²) in [6.07, 6.45) is -6.86. The van der Waals surface area contributed by atoms with Crippen molar-refractivity contribution >= 4 is 11.6 Å². The van der Waals surface area contributed by atoms with Crippen LogP contribution in [0.1, 0.15) is 29.5 Å². The van der Waals surface area contributed by atoms with Gasteiger partial charge < -0.3 is 14.8 Å². The average molecular weight is 516 g/mol. The summed E-state index contributed by atoms with van der Waals surface area (Å²) in [6, 6.07) is 3.90. The second-order valence-corrected chi connectivity index (χ2v) is 7.82. The van der Waals surface area contributed by atoms with E-state index >= 15 is 4.39 Å². The Morgan fingerprint density at radius 1 is 1.17 bits per heavy atom. The van der Waals surface area contributed by atoms with Crippen LogP contribution >= 0.6 is 0 Å². The van der Waals surface area contributed by atoms with Gasteiger partial charge in [-0.05, 0) is 31.5 Å². The maximum atomic E-state index is 15.1. The Kier molecular flexibility index (Phi) is 6.80. The third kappa shape index (κ3) is 4.94. The monoisotopic (exact) mass is 516 g/mol. The molecule has 0 radical (unpaired) electrons. The van der Waals surface area contributed by atoms with Crippen LogP contribution in [-0.2, 0) is 17.9 Å². The van der Waals surface area contributed by atoms with E-state index < -0.39 is 64.0 Å². The molecule has 0 bridgehead atoms. The van der Waals surface area contributed by atoms with Gasteiger partial charge in [-0.15, -0.1) is 5.10 Å². The first-order valence-corrected chi connectivity index (χ1v) is 10.6. The summed E-state index contributed by atoms with van der Waals surface area (Å²) in [4.78, 5) is 25.6. The van der Waals surface area contributed by atoms with Gasteiger partial charge in [0.15, 0.2) is 11.9 Å². The second-order valence-electron chi connectivity index (χ2n) is 7.82. The maximum absolute atomic E-state index is 15.1. The predicted molar refractivity (Wildman–Crippen MR) is 113 cm³/mol. The molecule has 192 valence electrons. The number of alkyl halides is 3. The molecule has 0 fully saturated rings. The molecule has 1 aromatic heterocycles. The molecule has 1 aliphatic rings. The topological polar surface area (TPSA) is 87.4 Å². The van der Waals surface area contributed by atoms with Gasteiger partial charge in [0, 0.05) is 19.2 Å². The van der Waals surface area contributed by atoms with Crippen LogP contribution in [0.25, 0.3) is 5.69 Å². The number of para-hydroxylation sites is 1. The number of hydrogen-bond donors (Lipinski definition) is 1. The third-order valence-electron chi connectivity index (χ3n) is 5.33. The Morgan fingerprint density at radius 2 is 1.86 bits per heavy atom. The number of nitrogens with zero attached hydrogens (tertiary/aromatic N) is 3. The van der Waals surface area contributed by atoms with E-state index in [1.54, 1.807) is 0 Å². The van der Waals surface area contributed by atoms with Gasteiger partial charge in [0.25, 0.3) is 5.91 Å². The molecule has 4 rings (SSSR count). The van der Waals surface area contributed by atoms with Crippen LogP contribution in [0.4, 0.5) is 32.0 Å². The van der Waals surface area contributed by atoms with Crippen LogP contribution in [0, 0.1) is 17.5 Å². The highest BCUT2D eigenvalue weighted by atomic mass is 19.4. The van der Waals surface area contributed by atoms with Gasteiger partial charge in [0.05, 0.1) is 5.56 Å². The molecular formula is C22H18F6N4O4. The smallest absolute Gasteiger partial charge is 0.425 e. The minimum Gasteiger partial charge on any atom is -0.480 e. The molecule has 3 aromatic rings. The van der Waals surface area contributed by atoms with Crippen LogP contribution in [0.3, 0.4) is 0 Å². The lowest BCUT2D eigenvalue weighted by molar-refractivity contribution is -0.189. The van der Waals surface area contributed by atoms with Crippen molar-refractivity contribution in [3.8, 4) is 11.4 Å². The van der Waals surface area contributed by atoms with E-state index in [-0.39, 0.29) is 19.0 Å². The lowest BCUT2D eigenvalue weighted by atomic mass is 10.1. The number of ether oxygens (including phenoxy) is 2. The Labute approximate surface area is 199 Å². The van der Waals surface area contributed by atoms with E-state index in [2.05, 4.69) is 5.10 Å². The number of amides is 1. The number of fused-ring (bicyclic) bond motifs is 1. The highest BCUT2D eigenvalue weighted by Crippen LogP contribution is 2.31. The lowest BCUT2D eigenvalue weighted by Crippen LogP contribution is -2.32. The van der Waals surface area contributed by atoms with E-state index in [0.717, 1.165) is 18.2 Å². The van der Waals surface area contributed by atoms with Crippen LogP contribution in [0.2, 0.25) is 0 Å². The van der Waals surface area contributed by atoms with Crippen molar-refractivity contribution in [1.29, 1.82) is 0 Å². The average Bonchev–Trinajstić information content (AvgIpc) is 2.96. The lowest BCUT2D eigenvalue weighted by Gasteiger charge is -2.20. The summed E-state index contributed by atoms with van der Waals surface area (Å²) in [7, 11) is 0. The Morgan fingerprint density at radius 3 is 2.53 bits per heavy atom. The number of anilines is 1. The van der Waals surface area contributed by atoms with E-state index in [9.17, 15) is 31.5 Å². The van der Waals surface area contributed by atoms with E-state index in [1.165, 1.54) is 4.57 Å². The highest BCUT2D eigenvalue weighted by Gasteiger charge is 2.39. The normalized spacial score (nSPS) is 14.6. The minimum absolute atomic E-state index is 0.0486. The predicted octanol–water partition coefficient (Wildman–Crippen LogP) is 3.95. The number of carbonyl (C=O) groups excluding carboxylic acids is 1. The third-order valence-corrected chi connectivity index (χ3v) is 5.33. The van der Waals surface area contributed by atoms with Crippen LogP contribution in [0.15, 0.2) is 35.1 Å². The van der Waals surface area contributed by atoms with Gasteiger partial charge in [-0.25, -0.2) is 18.0 Å². The Balaban J connectivity index is 1.80. The first-order chi connectivity index (χ1) is 17.0. The van der Waals surface area contributed by atoms with Gasteiger partial charge in [-0.1, -0.05) is 6.07 Å². The second kappa shape index (κ2) is 9.68. The van der Waals surface area contributed by atoms with Gasteiger partial charge >= 0.3 is 11.9 Å². The van der Waals surface area contributed by atoms with Crippen LogP contribution < -0.4 is 15.7 Å². The molecule has 0 unspecified atom stereocenters. The van der Waals surface area contributed by atoms with Gasteiger partial charge in [-0.2, -0.15) is 17.9 Å². The SMILES string of the molecule is C[C@H](Oc1cc(-n2nc3n(c2=O)CCCOC3)c(F)cc1C(=O)Nc1c(F)cccc1F)C(F)(F)F. The molecule has 1 N–H and O–H groups in total. The molecule has 2 heterocycles. The number of halogens is 6.